The van der Waals surface area contributed by atoms with E-state index in [1.807, 2.05) is 13.8 Å². The molecule has 0 N–H and O–H groups in total. The van der Waals surface area contributed by atoms with Crippen molar-refractivity contribution in [2.75, 3.05) is 13.6 Å². The first kappa shape index (κ1) is 15.5. The predicted molar refractivity (Wildman–Crippen MR) is 70.5 cm³/mol. The first-order valence-corrected chi connectivity index (χ1v) is 6.42. The lowest BCUT2D eigenvalue weighted by Crippen LogP contribution is -2.42. The molecule has 0 spiro atoms. The topological polar surface area (TPSA) is 12.5 Å². The van der Waals surface area contributed by atoms with Crippen LogP contribution in [0.3, 0.4) is 0 Å². The van der Waals surface area contributed by atoms with Gasteiger partial charge in [-0.1, -0.05) is 13.8 Å². The van der Waals surface area contributed by atoms with Crippen molar-refractivity contribution >= 4 is 0 Å². The molecule has 0 aliphatic carbocycles. The van der Waals surface area contributed by atoms with Crippen LogP contribution in [0, 0.1) is 12.3 Å². The largest absolute Gasteiger partial charge is 0.375 e. The second kappa shape index (κ2) is 8.61. The zero-order valence-electron chi connectivity index (χ0n) is 11.5. The third-order valence-corrected chi connectivity index (χ3v) is 2.90. The summed E-state index contributed by atoms with van der Waals surface area (Å²) >= 11 is 0. The third-order valence-electron chi connectivity index (χ3n) is 2.90. The van der Waals surface area contributed by atoms with Crippen LogP contribution in [-0.4, -0.2) is 36.7 Å². The number of ether oxygens (including phenoxy) is 1. The summed E-state index contributed by atoms with van der Waals surface area (Å²) in [4.78, 5) is 2.37. The molecule has 1 aliphatic rings. The molecular weight excluding hydrogens is 198 g/mol. The Bertz CT molecular complexity index is 199. The molecule has 2 heteroatoms. The maximum Gasteiger partial charge on any atom is 0.0565 e. The molecule has 1 saturated heterocycles. The van der Waals surface area contributed by atoms with Crippen molar-refractivity contribution in [1.82, 2.24) is 4.90 Å². The highest BCUT2D eigenvalue weighted by Crippen LogP contribution is 2.22. The summed E-state index contributed by atoms with van der Waals surface area (Å²) in [6, 6.07) is 0.641. The fraction of sp³-hybridized carbons (Fsp3) is 0.857. The van der Waals surface area contributed by atoms with Crippen LogP contribution in [0.2, 0.25) is 0 Å². The van der Waals surface area contributed by atoms with E-state index < -0.39 is 0 Å². The minimum absolute atomic E-state index is 0.386. The Balaban J connectivity index is 0.00000106. The van der Waals surface area contributed by atoms with Crippen molar-refractivity contribution in [3.8, 4) is 12.3 Å². The molecule has 16 heavy (non-hydrogen) atoms. The molecule has 1 aliphatic heterocycles. The second-order valence-corrected chi connectivity index (χ2v) is 4.32. The summed E-state index contributed by atoms with van der Waals surface area (Å²) in [6.45, 7) is 9.30. The molecule has 1 heterocycles. The average Bonchev–Trinajstić information content (AvgIpc) is 2.27. The molecule has 0 saturated carbocycles. The quantitative estimate of drug-likeness (QED) is 0.685. The molecule has 0 aromatic heterocycles. The van der Waals surface area contributed by atoms with E-state index in [1.165, 1.54) is 0 Å². The molecular formula is C14H27NO. The maximum absolute atomic E-state index is 5.70. The van der Waals surface area contributed by atoms with E-state index in [9.17, 15) is 0 Å². The molecule has 94 valence electrons. The summed E-state index contributed by atoms with van der Waals surface area (Å²) in [5.41, 5.74) is 0. The summed E-state index contributed by atoms with van der Waals surface area (Å²) in [6.07, 6.45) is 9.14. The molecule has 0 aromatic carbocycles. The summed E-state index contributed by atoms with van der Waals surface area (Å²) < 4.78 is 5.70. The number of nitrogens with zero attached hydrogens (tertiary/aromatic N) is 1. The van der Waals surface area contributed by atoms with Gasteiger partial charge in [-0.25, -0.2) is 0 Å². The predicted octanol–water partition coefficient (Wildman–Crippen LogP) is 2.92. The maximum atomic E-state index is 5.70. The number of rotatable bonds is 3. The van der Waals surface area contributed by atoms with E-state index in [0.717, 1.165) is 25.8 Å². The van der Waals surface area contributed by atoms with E-state index in [4.69, 9.17) is 11.2 Å². The van der Waals surface area contributed by atoms with E-state index in [1.54, 1.807) is 0 Å². The average molecular weight is 225 g/mol. The summed E-state index contributed by atoms with van der Waals surface area (Å²) in [7, 11) is 2.16. The monoisotopic (exact) mass is 225 g/mol. The van der Waals surface area contributed by atoms with Crippen LogP contribution in [0.5, 0.6) is 0 Å². The van der Waals surface area contributed by atoms with Crippen molar-refractivity contribution in [2.24, 2.45) is 0 Å². The lowest BCUT2D eigenvalue weighted by molar-refractivity contribution is -0.0609. The number of hydrogen-bond acceptors (Lipinski definition) is 2. The van der Waals surface area contributed by atoms with Crippen molar-refractivity contribution < 1.29 is 4.74 Å². The van der Waals surface area contributed by atoms with Crippen LogP contribution >= 0.6 is 0 Å². The van der Waals surface area contributed by atoms with Gasteiger partial charge in [0, 0.05) is 19.0 Å². The van der Waals surface area contributed by atoms with Crippen LogP contribution < -0.4 is 0 Å². The van der Waals surface area contributed by atoms with Gasteiger partial charge in [-0.3, -0.25) is 0 Å². The van der Waals surface area contributed by atoms with E-state index in [0.29, 0.717) is 18.2 Å². The highest BCUT2D eigenvalue weighted by molar-refractivity contribution is 4.86. The Kier molecular flexibility index (Phi) is 8.33. The second-order valence-electron chi connectivity index (χ2n) is 4.32. The lowest BCUT2D eigenvalue weighted by Gasteiger charge is -2.37. The van der Waals surface area contributed by atoms with Gasteiger partial charge in [0.05, 0.1) is 12.2 Å². The standard InChI is InChI=1S/C12H21NO.C2H6/c1-5-6-7-13(4)12-8-10(2)14-11(3)9-12;1-2/h1,10-12H,6-9H2,2-4H3;1-2H3. The van der Waals surface area contributed by atoms with E-state index in [2.05, 4.69) is 31.7 Å². The zero-order valence-corrected chi connectivity index (χ0v) is 11.5. The van der Waals surface area contributed by atoms with Gasteiger partial charge in [-0.05, 0) is 33.7 Å². The van der Waals surface area contributed by atoms with Gasteiger partial charge in [0.15, 0.2) is 0 Å². The molecule has 0 amide bonds. The van der Waals surface area contributed by atoms with Gasteiger partial charge in [0.1, 0.15) is 0 Å². The normalized spacial score (nSPS) is 29.2. The van der Waals surface area contributed by atoms with Gasteiger partial charge in [0.2, 0.25) is 0 Å². The summed E-state index contributed by atoms with van der Waals surface area (Å²) in [5.74, 6) is 2.69. The Morgan fingerprint density at radius 2 is 1.75 bits per heavy atom. The highest BCUT2D eigenvalue weighted by Gasteiger charge is 2.26. The fourth-order valence-corrected chi connectivity index (χ4v) is 2.15. The molecule has 1 fully saturated rings. The Morgan fingerprint density at radius 3 is 2.19 bits per heavy atom. The van der Waals surface area contributed by atoms with Crippen molar-refractivity contribution in [3.05, 3.63) is 0 Å². The summed E-state index contributed by atoms with van der Waals surface area (Å²) in [5, 5.41) is 0. The van der Waals surface area contributed by atoms with Crippen molar-refractivity contribution in [2.45, 2.75) is 65.2 Å². The van der Waals surface area contributed by atoms with E-state index in [-0.39, 0.29) is 0 Å². The zero-order chi connectivity index (χ0) is 12.6. The first-order valence-electron chi connectivity index (χ1n) is 6.42. The van der Waals surface area contributed by atoms with Gasteiger partial charge in [0.25, 0.3) is 0 Å². The molecule has 0 bridgehead atoms. The van der Waals surface area contributed by atoms with Gasteiger partial charge >= 0.3 is 0 Å². The molecule has 0 aromatic rings. The van der Waals surface area contributed by atoms with Crippen LogP contribution in [-0.2, 0) is 4.74 Å². The molecule has 2 unspecified atom stereocenters. The molecule has 1 rings (SSSR count). The fourth-order valence-electron chi connectivity index (χ4n) is 2.15. The van der Waals surface area contributed by atoms with Crippen molar-refractivity contribution in [3.63, 3.8) is 0 Å². The third kappa shape index (κ3) is 5.53. The molecule has 0 radical (unpaired) electrons. The Morgan fingerprint density at radius 1 is 1.25 bits per heavy atom. The van der Waals surface area contributed by atoms with Gasteiger partial charge < -0.3 is 9.64 Å². The minimum atomic E-state index is 0.386. The smallest absolute Gasteiger partial charge is 0.0565 e. The van der Waals surface area contributed by atoms with Gasteiger partial charge in [-0.15, -0.1) is 12.3 Å². The van der Waals surface area contributed by atoms with Crippen LogP contribution in [0.25, 0.3) is 0 Å². The van der Waals surface area contributed by atoms with Crippen LogP contribution in [0.4, 0.5) is 0 Å². The van der Waals surface area contributed by atoms with E-state index >= 15 is 0 Å². The SMILES string of the molecule is C#CCCN(C)C1CC(C)OC(C)C1.CC. The molecule has 2 atom stereocenters. The molecule has 2 nitrogen and oxygen atoms in total. The number of hydrogen-bond donors (Lipinski definition) is 0. The highest BCUT2D eigenvalue weighted by atomic mass is 16.5. The van der Waals surface area contributed by atoms with Crippen LogP contribution in [0.15, 0.2) is 0 Å². The van der Waals surface area contributed by atoms with Crippen LogP contribution in [0.1, 0.15) is 47.0 Å². The first-order chi connectivity index (χ1) is 7.63. The Labute approximate surface area is 101 Å². The lowest BCUT2D eigenvalue weighted by atomic mass is 9.98. The van der Waals surface area contributed by atoms with Gasteiger partial charge in [-0.2, -0.15) is 0 Å². The Hall–Kier alpha value is -0.520. The number of terminal acetylenes is 1. The minimum Gasteiger partial charge on any atom is -0.375 e. The van der Waals surface area contributed by atoms with Crippen molar-refractivity contribution in [1.29, 1.82) is 0 Å².